The third kappa shape index (κ3) is 5.04. The molecule has 0 aromatic carbocycles. The van der Waals surface area contributed by atoms with E-state index in [0.717, 1.165) is 25.0 Å². The van der Waals surface area contributed by atoms with Gasteiger partial charge in [-0.3, -0.25) is 4.68 Å². The molecule has 19 heavy (non-hydrogen) atoms. The van der Waals surface area contributed by atoms with Crippen molar-refractivity contribution in [3.8, 4) is 0 Å². The Hall–Kier alpha value is -0.730. The Kier molecular flexibility index (Phi) is 6.67. The number of nitrogen functional groups attached to an aromatic ring is 1. The number of sulfonamides is 1. The van der Waals surface area contributed by atoms with Crippen LogP contribution in [-0.2, 0) is 16.6 Å². The lowest BCUT2D eigenvalue weighted by atomic mass is 10.2. The number of anilines is 1. The Bertz CT molecular complexity index is 485. The summed E-state index contributed by atoms with van der Waals surface area (Å²) in [5, 5.41) is 3.94. The van der Waals surface area contributed by atoms with Gasteiger partial charge in [0.15, 0.2) is 5.82 Å². The van der Waals surface area contributed by atoms with Crippen molar-refractivity contribution in [3.63, 3.8) is 0 Å². The molecule has 0 unspecified atom stereocenters. The Morgan fingerprint density at radius 2 is 2.16 bits per heavy atom. The monoisotopic (exact) mass is 306 g/mol. The largest absolute Gasteiger partial charge is 0.381 e. The first-order valence-electron chi connectivity index (χ1n) is 6.32. The number of nitrogens with zero attached hydrogens (tertiary/aromatic N) is 2. The number of rotatable bonds is 9. The van der Waals surface area contributed by atoms with Crippen molar-refractivity contribution in [1.82, 2.24) is 14.5 Å². The number of hydrogen-bond donors (Lipinski definition) is 2. The van der Waals surface area contributed by atoms with E-state index in [9.17, 15) is 8.42 Å². The van der Waals surface area contributed by atoms with Crippen molar-refractivity contribution < 1.29 is 8.42 Å². The van der Waals surface area contributed by atoms with Crippen LogP contribution in [0.5, 0.6) is 0 Å². The number of aromatic nitrogens is 2. The Balaban J connectivity index is 2.49. The molecule has 0 aliphatic carbocycles. The van der Waals surface area contributed by atoms with Crippen LogP contribution in [0.15, 0.2) is 11.1 Å². The third-order valence-electron chi connectivity index (χ3n) is 2.69. The molecule has 0 spiro atoms. The molecule has 1 heterocycles. The molecule has 1 aromatic heterocycles. The van der Waals surface area contributed by atoms with Crippen molar-refractivity contribution in [2.24, 2.45) is 0 Å². The van der Waals surface area contributed by atoms with Crippen LogP contribution in [0.3, 0.4) is 0 Å². The summed E-state index contributed by atoms with van der Waals surface area (Å²) in [4.78, 5) is 0.0680. The minimum Gasteiger partial charge on any atom is -0.381 e. The zero-order chi connectivity index (χ0) is 14.3. The lowest BCUT2D eigenvalue weighted by molar-refractivity contribution is 0.576. The highest BCUT2D eigenvalue weighted by Gasteiger charge is 2.20. The van der Waals surface area contributed by atoms with Crippen molar-refractivity contribution in [1.29, 1.82) is 0 Å². The van der Waals surface area contributed by atoms with E-state index in [4.69, 9.17) is 5.73 Å². The second-order valence-corrected chi connectivity index (χ2v) is 6.91. The van der Waals surface area contributed by atoms with Crippen LogP contribution < -0.4 is 10.5 Å². The molecule has 3 N–H and O–H groups in total. The minimum absolute atomic E-state index is 0.0525. The molecule has 0 amide bonds. The summed E-state index contributed by atoms with van der Waals surface area (Å²) >= 11 is 1.80. The summed E-state index contributed by atoms with van der Waals surface area (Å²) in [6.45, 7) is 2.91. The summed E-state index contributed by atoms with van der Waals surface area (Å²) in [7, 11) is -3.54. The molecule has 0 saturated heterocycles. The lowest BCUT2D eigenvalue weighted by Crippen LogP contribution is -2.25. The second kappa shape index (κ2) is 7.76. The number of thioether (sulfide) groups is 1. The van der Waals surface area contributed by atoms with Crippen molar-refractivity contribution in [3.05, 3.63) is 6.20 Å². The van der Waals surface area contributed by atoms with E-state index in [1.807, 2.05) is 6.92 Å². The topological polar surface area (TPSA) is 90.0 Å². The zero-order valence-corrected chi connectivity index (χ0v) is 13.1. The van der Waals surface area contributed by atoms with E-state index >= 15 is 0 Å². The fourth-order valence-electron chi connectivity index (χ4n) is 1.62. The van der Waals surface area contributed by atoms with Crippen molar-refractivity contribution in [2.75, 3.05) is 24.3 Å². The van der Waals surface area contributed by atoms with Crippen LogP contribution in [0.4, 0.5) is 5.82 Å². The van der Waals surface area contributed by atoms with Gasteiger partial charge in [0.2, 0.25) is 10.0 Å². The zero-order valence-electron chi connectivity index (χ0n) is 11.4. The highest BCUT2D eigenvalue weighted by atomic mass is 32.2. The standard InChI is InChI=1S/C11H22N4O2S2/c1-3-15-9-10(11(12)14-15)19(16,17)13-7-5-4-6-8-18-2/h9,13H,3-8H2,1-2H3,(H2,12,14). The molecule has 110 valence electrons. The van der Waals surface area contributed by atoms with Gasteiger partial charge in [-0.15, -0.1) is 0 Å². The Morgan fingerprint density at radius 1 is 1.42 bits per heavy atom. The van der Waals surface area contributed by atoms with Crippen LogP contribution >= 0.6 is 11.8 Å². The van der Waals surface area contributed by atoms with Crippen molar-refractivity contribution >= 4 is 27.6 Å². The molecular formula is C11H22N4O2S2. The number of unbranched alkanes of at least 4 members (excludes halogenated alkanes) is 2. The molecule has 1 aromatic rings. The van der Waals surface area contributed by atoms with Gasteiger partial charge < -0.3 is 5.73 Å². The Morgan fingerprint density at radius 3 is 2.74 bits per heavy atom. The Labute approximate surface area is 119 Å². The number of aryl methyl sites for hydroxylation is 1. The fourth-order valence-corrected chi connectivity index (χ4v) is 3.26. The summed E-state index contributed by atoms with van der Waals surface area (Å²) < 4.78 is 28.1. The van der Waals surface area contributed by atoms with Crippen LogP contribution in [0.2, 0.25) is 0 Å². The van der Waals surface area contributed by atoms with Crippen LogP contribution in [-0.4, -0.2) is 36.8 Å². The van der Waals surface area contributed by atoms with E-state index in [2.05, 4.69) is 16.1 Å². The maximum Gasteiger partial charge on any atom is 0.245 e. The highest BCUT2D eigenvalue weighted by molar-refractivity contribution is 7.98. The number of nitrogens with two attached hydrogens (primary N) is 1. The molecular weight excluding hydrogens is 284 g/mol. The van der Waals surface area contributed by atoms with Gasteiger partial charge in [-0.2, -0.15) is 16.9 Å². The van der Waals surface area contributed by atoms with E-state index in [0.29, 0.717) is 13.1 Å². The summed E-state index contributed by atoms with van der Waals surface area (Å²) in [6, 6.07) is 0. The molecule has 8 heteroatoms. The third-order valence-corrected chi connectivity index (χ3v) is 4.86. The van der Waals surface area contributed by atoms with Crippen LogP contribution in [0.1, 0.15) is 26.2 Å². The first kappa shape index (κ1) is 16.3. The molecule has 6 nitrogen and oxygen atoms in total. The fraction of sp³-hybridized carbons (Fsp3) is 0.727. The van der Waals surface area contributed by atoms with Gasteiger partial charge in [0.05, 0.1) is 0 Å². The van der Waals surface area contributed by atoms with Gasteiger partial charge in [-0.1, -0.05) is 6.42 Å². The lowest BCUT2D eigenvalue weighted by Gasteiger charge is -2.05. The molecule has 0 bridgehead atoms. The van der Waals surface area contributed by atoms with E-state index in [1.165, 1.54) is 10.9 Å². The summed E-state index contributed by atoms with van der Waals surface area (Å²) in [5.41, 5.74) is 5.62. The van der Waals surface area contributed by atoms with Gasteiger partial charge in [0.25, 0.3) is 0 Å². The van der Waals surface area contributed by atoms with Gasteiger partial charge in [0, 0.05) is 19.3 Å². The molecule has 0 atom stereocenters. The quantitative estimate of drug-likeness (QED) is 0.671. The minimum atomic E-state index is -3.54. The van der Waals surface area contributed by atoms with Crippen LogP contribution in [0, 0.1) is 0 Å². The predicted molar refractivity (Wildman–Crippen MR) is 79.7 cm³/mol. The van der Waals surface area contributed by atoms with Gasteiger partial charge in [0.1, 0.15) is 4.90 Å². The molecule has 0 aliphatic rings. The smallest absolute Gasteiger partial charge is 0.245 e. The van der Waals surface area contributed by atoms with Crippen LogP contribution in [0.25, 0.3) is 0 Å². The predicted octanol–water partition coefficient (Wildman–Crippen LogP) is 1.30. The molecule has 1 rings (SSSR count). The maximum atomic E-state index is 12.0. The molecule has 0 saturated carbocycles. The summed E-state index contributed by atoms with van der Waals surface area (Å²) in [5.74, 6) is 1.17. The van der Waals surface area contributed by atoms with E-state index in [-0.39, 0.29) is 10.7 Å². The SMILES string of the molecule is CCn1cc(S(=O)(=O)NCCCCCSC)c(N)n1. The van der Waals surface area contributed by atoms with Gasteiger partial charge in [-0.25, -0.2) is 13.1 Å². The number of nitrogens with one attached hydrogen (secondary N) is 1. The van der Waals surface area contributed by atoms with E-state index in [1.54, 1.807) is 11.8 Å². The van der Waals surface area contributed by atoms with Gasteiger partial charge in [-0.05, 0) is 31.8 Å². The molecule has 0 fully saturated rings. The average molecular weight is 306 g/mol. The second-order valence-electron chi connectivity index (χ2n) is 4.19. The van der Waals surface area contributed by atoms with Crippen molar-refractivity contribution in [2.45, 2.75) is 37.6 Å². The maximum absolute atomic E-state index is 12.0. The van der Waals surface area contributed by atoms with Gasteiger partial charge >= 0.3 is 0 Å². The normalized spacial score (nSPS) is 11.9. The highest BCUT2D eigenvalue weighted by Crippen LogP contribution is 2.15. The first-order valence-corrected chi connectivity index (χ1v) is 9.20. The summed E-state index contributed by atoms with van der Waals surface area (Å²) in [6.07, 6.45) is 6.50. The average Bonchev–Trinajstić information content (AvgIpc) is 2.76. The first-order chi connectivity index (χ1) is 9.01. The molecule has 0 radical (unpaired) electrons. The van der Waals surface area contributed by atoms with E-state index < -0.39 is 10.0 Å². The molecule has 0 aliphatic heterocycles. The number of hydrogen-bond acceptors (Lipinski definition) is 5.